The van der Waals surface area contributed by atoms with Crippen molar-refractivity contribution in [1.82, 2.24) is 4.90 Å². The first-order valence-electron chi connectivity index (χ1n) is 6.76. The molecule has 0 unspecified atom stereocenters. The van der Waals surface area contributed by atoms with Gasteiger partial charge in [-0.25, -0.2) is 4.39 Å². The Hall–Kier alpha value is -1.30. The van der Waals surface area contributed by atoms with E-state index in [1.807, 2.05) is 4.90 Å². The van der Waals surface area contributed by atoms with Crippen molar-refractivity contribution in [1.29, 1.82) is 0 Å². The molecule has 1 aliphatic heterocycles. The van der Waals surface area contributed by atoms with Crippen LogP contribution in [0.1, 0.15) is 18.9 Å². The van der Waals surface area contributed by atoms with Crippen molar-refractivity contribution in [3.8, 4) is 0 Å². The number of rotatable bonds is 3. The van der Waals surface area contributed by atoms with E-state index >= 15 is 0 Å². The van der Waals surface area contributed by atoms with Crippen molar-refractivity contribution in [3.63, 3.8) is 0 Å². The molecule has 2 rings (SSSR count). The molecule has 0 aliphatic carbocycles. The van der Waals surface area contributed by atoms with Crippen LogP contribution in [0.4, 0.5) is 23.2 Å². The molecule has 0 saturated carbocycles. The van der Waals surface area contributed by atoms with Crippen molar-refractivity contribution >= 4 is 5.69 Å². The lowest BCUT2D eigenvalue weighted by atomic mass is 10.1. The molecule has 1 aliphatic rings. The fourth-order valence-corrected chi connectivity index (χ4v) is 2.47. The average Bonchev–Trinajstić information content (AvgIpc) is 2.39. The maximum absolute atomic E-state index is 13.2. The summed E-state index contributed by atoms with van der Waals surface area (Å²) in [5, 5.41) is 0. The summed E-state index contributed by atoms with van der Waals surface area (Å²) in [6.07, 6.45) is -3.58. The molecule has 112 valence electrons. The Kier molecular flexibility index (Phi) is 4.52. The fraction of sp³-hybridized carbons (Fsp3) is 0.571. The van der Waals surface area contributed by atoms with E-state index in [0.717, 1.165) is 38.2 Å². The molecule has 1 fully saturated rings. The van der Waals surface area contributed by atoms with Crippen LogP contribution in [0.15, 0.2) is 18.2 Å². The molecule has 1 aromatic carbocycles. The molecule has 0 spiro atoms. The normalized spacial score (nSPS) is 17.6. The van der Waals surface area contributed by atoms with E-state index in [-0.39, 0.29) is 0 Å². The minimum Gasteiger partial charge on any atom is -0.369 e. The Morgan fingerprint density at radius 3 is 2.30 bits per heavy atom. The maximum atomic E-state index is 13.2. The molecule has 0 radical (unpaired) electrons. The molecule has 0 N–H and O–H groups in total. The molecule has 0 amide bonds. The van der Waals surface area contributed by atoms with Gasteiger partial charge in [0.1, 0.15) is 5.82 Å². The van der Waals surface area contributed by atoms with E-state index in [1.54, 1.807) is 0 Å². The molecule has 1 aromatic rings. The highest BCUT2D eigenvalue weighted by atomic mass is 19.4. The van der Waals surface area contributed by atoms with Crippen molar-refractivity contribution in [3.05, 3.63) is 29.6 Å². The second kappa shape index (κ2) is 5.99. The summed E-state index contributed by atoms with van der Waals surface area (Å²) in [6, 6.07) is 3.22. The zero-order valence-corrected chi connectivity index (χ0v) is 11.4. The third-order valence-electron chi connectivity index (χ3n) is 3.53. The highest BCUT2D eigenvalue weighted by Crippen LogP contribution is 2.34. The smallest absolute Gasteiger partial charge is 0.369 e. The highest BCUT2D eigenvalue weighted by molar-refractivity contribution is 5.50. The highest BCUT2D eigenvalue weighted by Gasteiger charge is 2.34. The second-order valence-electron chi connectivity index (χ2n) is 4.99. The largest absolute Gasteiger partial charge is 0.419 e. The Morgan fingerprint density at radius 2 is 1.75 bits per heavy atom. The van der Waals surface area contributed by atoms with Gasteiger partial charge < -0.3 is 4.90 Å². The monoisotopic (exact) mass is 290 g/mol. The molecule has 1 saturated heterocycles. The lowest BCUT2D eigenvalue weighted by Gasteiger charge is -2.36. The summed E-state index contributed by atoms with van der Waals surface area (Å²) >= 11 is 0. The predicted molar refractivity (Wildman–Crippen MR) is 70.3 cm³/mol. The Morgan fingerprint density at radius 1 is 1.10 bits per heavy atom. The lowest BCUT2D eigenvalue weighted by molar-refractivity contribution is -0.139. The van der Waals surface area contributed by atoms with Gasteiger partial charge in [-0.05, 0) is 31.2 Å². The fourth-order valence-electron chi connectivity index (χ4n) is 2.47. The van der Waals surface area contributed by atoms with Crippen LogP contribution in [0, 0.1) is 5.82 Å². The predicted octanol–water partition coefficient (Wildman–Crippen LogP) is 3.38. The van der Waals surface area contributed by atoms with Crippen LogP contribution in [0.5, 0.6) is 0 Å². The minimum atomic E-state index is -4.65. The number of piperazine rings is 1. The van der Waals surface area contributed by atoms with E-state index in [1.165, 1.54) is 6.07 Å². The Balaban J connectivity index is 2.11. The molecule has 0 aromatic heterocycles. The van der Waals surface area contributed by atoms with Crippen molar-refractivity contribution in [2.24, 2.45) is 0 Å². The third kappa shape index (κ3) is 3.42. The first-order chi connectivity index (χ1) is 9.41. The molecule has 6 heteroatoms. The Bertz CT molecular complexity index is 451. The summed E-state index contributed by atoms with van der Waals surface area (Å²) in [4.78, 5) is 4.16. The molecule has 2 nitrogen and oxygen atoms in total. The first kappa shape index (κ1) is 15.1. The molecular weight excluding hydrogens is 272 g/mol. The molecule has 1 heterocycles. The van der Waals surface area contributed by atoms with Crippen LogP contribution >= 0.6 is 0 Å². The SMILES string of the molecule is CCCN1CCN(c2ccc(F)c(C(F)(F)F)c2)CC1. The second-order valence-corrected chi connectivity index (χ2v) is 4.99. The van der Waals surface area contributed by atoms with E-state index in [9.17, 15) is 17.6 Å². The average molecular weight is 290 g/mol. The van der Waals surface area contributed by atoms with Gasteiger partial charge in [-0.15, -0.1) is 0 Å². The van der Waals surface area contributed by atoms with Crippen molar-refractivity contribution < 1.29 is 17.6 Å². The van der Waals surface area contributed by atoms with Crippen LogP contribution in [-0.2, 0) is 6.18 Å². The third-order valence-corrected chi connectivity index (χ3v) is 3.53. The van der Waals surface area contributed by atoms with Crippen LogP contribution in [0.3, 0.4) is 0 Å². The van der Waals surface area contributed by atoms with Crippen LogP contribution in [-0.4, -0.2) is 37.6 Å². The molecule has 0 atom stereocenters. The number of benzene rings is 1. The number of halogens is 4. The zero-order valence-electron chi connectivity index (χ0n) is 11.4. The Labute approximate surface area is 116 Å². The van der Waals surface area contributed by atoms with Gasteiger partial charge in [0.15, 0.2) is 0 Å². The summed E-state index contributed by atoms with van der Waals surface area (Å²) in [5.41, 5.74) is -0.749. The quantitative estimate of drug-likeness (QED) is 0.787. The van der Waals surface area contributed by atoms with Crippen LogP contribution in [0.25, 0.3) is 0 Å². The zero-order chi connectivity index (χ0) is 14.8. The van der Waals surface area contributed by atoms with Gasteiger partial charge in [0.25, 0.3) is 0 Å². The molecule has 0 bridgehead atoms. The van der Waals surface area contributed by atoms with Gasteiger partial charge in [0.05, 0.1) is 5.56 Å². The number of hydrogen-bond acceptors (Lipinski definition) is 2. The summed E-state index contributed by atoms with van der Waals surface area (Å²) < 4.78 is 51.3. The first-order valence-corrected chi connectivity index (χ1v) is 6.76. The minimum absolute atomic E-state index is 0.440. The molecule has 20 heavy (non-hydrogen) atoms. The van der Waals surface area contributed by atoms with E-state index in [2.05, 4.69) is 11.8 Å². The van der Waals surface area contributed by atoms with Gasteiger partial charge in [0.2, 0.25) is 0 Å². The van der Waals surface area contributed by atoms with E-state index in [4.69, 9.17) is 0 Å². The molecular formula is C14H18F4N2. The standard InChI is InChI=1S/C14H18F4N2/c1-2-5-19-6-8-20(9-7-19)11-3-4-13(15)12(10-11)14(16,17)18/h3-4,10H,2,5-9H2,1H3. The van der Waals surface area contributed by atoms with Gasteiger partial charge in [-0.2, -0.15) is 13.2 Å². The van der Waals surface area contributed by atoms with E-state index in [0.29, 0.717) is 18.8 Å². The summed E-state index contributed by atoms with van der Waals surface area (Å²) in [7, 11) is 0. The topological polar surface area (TPSA) is 6.48 Å². The van der Waals surface area contributed by atoms with Crippen molar-refractivity contribution in [2.45, 2.75) is 19.5 Å². The summed E-state index contributed by atoms with van der Waals surface area (Å²) in [6.45, 7) is 6.10. The lowest BCUT2D eigenvalue weighted by Crippen LogP contribution is -2.46. The van der Waals surface area contributed by atoms with Gasteiger partial charge in [-0.3, -0.25) is 4.90 Å². The van der Waals surface area contributed by atoms with Crippen LogP contribution in [0.2, 0.25) is 0 Å². The summed E-state index contributed by atoms with van der Waals surface area (Å²) in [5.74, 6) is -1.22. The number of alkyl halides is 3. The van der Waals surface area contributed by atoms with Crippen molar-refractivity contribution in [2.75, 3.05) is 37.6 Å². The number of nitrogens with zero attached hydrogens (tertiary/aromatic N) is 2. The maximum Gasteiger partial charge on any atom is 0.419 e. The van der Waals surface area contributed by atoms with Gasteiger partial charge in [0, 0.05) is 31.9 Å². The van der Waals surface area contributed by atoms with Gasteiger partial charge >= 0.3 is 6.18 Å². The van der Waals surface area contributed by atoms with Gasteiger partial charge in [-0.1, -0.05) is 6.92 Å². The van der Waals surface area contributed by atoms with E-state index < -0.39 is 17.6 Å². The number of anilines is 1. The number of hydrogen-bond donors (Lipinski definition) is 0. The van der Waals surface area contributed by atoms with Crippen LogP contribution < -0.4 is 4.90 Å².